The summed E-state index contributed by atoms with van der Waals surface area (Å²) in [6.45, 7) is 6.80. The summed E-state index contributed by atoms with van der Waals surface area (Å²) in [5.74, 6) is -1.09. The zero-order chi connectivity index (χ0) is 33.4. The zero-order valence-corrected chi connectivity index (χ0v) is 25.9. The second-order valence-electron chi connectivity index (χ2n) is 10.9. The first-order valence-electron chi connectivity index (χ1n) is 14.6. The molecule has 1 amide bonds. The van der Waals surface area contributed by atoms with Crippen molar-refractivity contribution in [2.75, 3.05) is 20.4 Å². The van der Waals surface area contributed by atoms with E-state index in [1.54, 1.807) is 50.2 Å². The number of ether oxygens (including phenoxy) is 4. The van der Waals surface area contributed by atoms with E-state index in [1.165, 1.54) is 25.3 Å². The van der Waals surface area contributed by atoms with Gasteiger partial charge in [0.1, 0.15) is 17.3 Å². The molecule has 3 aromatic rings. The van der Waals surface area contributed by atoms with Gasteiger partial charge in [-0.25, -0.2) is 14.6 Å². The molecule has 0 spiro atoms. The molecule has 12 heteroatoms. The number of ketones is 1. The van der Waals surface area contributed by atoms with Crippen LogP contribution in [0, 0.1) is 11.3 Å². The van der Waals surface area contributed by atoms with Crippen molar-refractivity contribution in [3.05, 3.63) is 88.8 Å². The number of methoxy groups -OCH3 is 1. The molecule has 0 bridgehead atoms. The summed E-state index contributed by atoms with van der Waals surface area (Å²) in [5.41, 5.74) is 7.66. The average molecular weight is 629 g/mol. The minimum Gasteiger partial charge on any atom is -0.496 e. The minimum atomic E-state index is -1.03. The fraction of sp³-hybridized carbons (Fsp3) is 0.294. The van der Waals surface area contributed by atoms with Crippen molar-refractivity contribution in [3.63, 3.8) is 0 Å². The highest BCUT2D eigenvalue weighted by Crippen LogP contribution is 2.35. The smallest absolute Gasteiger partial charge is 0.496 e. The molecule has 1 aromatic heterocycles. The number of hydrogen-bond acceptors (Lipinski definition) is 10. The predicted molar refractivity (Wildman–Crippen MR) is 170 cm³/mol. The number of carbonyl (C=O) groups excluding carboxylic acids is 4. The van der Waals surface area contributed by atoms with Crippen LogP contribution in [-0.4, -0.2) is 61.2 Å². The Kier molecular flexibility index (Phi) is 10.9. The van der Waals surface area contributed by atoms with Crippen LogP contribution in [0.25, 0.3) is 17.2 Å². The second kappa shape index (κ2) is 15.0. The molecule has 2 aromatic carbocycles. The molecule has 1 fully saturated rings. The van der Waals surface area contributed by atoms with E-state index in [-0.39, 0.29) is 46.1 Å². The summed E-state index contributed by atoms with van der Waals surface area (Å²) >= 11 is 0. The van der Waals surface area contributed by atoms with Crippen LogP contribution in [0.2, 0.25) is 0 Å². The molecule has 0 atom stereocenters. The van der Waals surface area contributed by atoms with E-state index in [0.717, 1.165) is 12.8 Å². The first kappa shape index (κ1) is 33.4. The number of hydrogen-bond donors (Lipinski definition) is 3. The predicted octanol–water partition coefficient (Wildman–Crippen LogP) is 4.93. The number of amides is 1. The zero-order valence-electron chi connectivity index (χ0n) is 25.9. The molecule has 1 saturated carbocycles. The van der Waals surface area contributed by atoms with Gasteiger partial charge in [-0.15, -0.1) is 0 Å². The van der Waals surface area contributed by atoms with Crippen molar-refractivity contribution >= 4 is 35.7 Å². The maximum atomic E-state index is 13.8. The number of nitrogens with zero attached hydrogens (tertiary/aromatic N) is 1. The van der Waals surface area contributed by atoms with E-state index >= 15 is 0 Å². The van der Waals surface area contributed by atoms with E-state index in [4.69, 9.17) is 30.1 Å². The Labute approximate surface area is 266 Å². The van der Waals surface area contributed by atoms with E-state index in [9.17, 15) is 19.2 Å². The van der Waals surface area contributed by atoms with Gasteiger partial charge in [0.2, 0.25) is 6.79 Å². The highest BCUT2D eigenvalue weighted by Gasteiger charge is 2.26. The van der Waals surface area contributed by atoms with Gasteiger partial charge in [0.25, 0.3) is 5.91 Å². The molecule has 0 unspecified atom stereocenters. The number of pyridine rings is 1. The Morgan fingerprint density at radius 2 is 1.78 bits per heavy atom. The minimum absolute atomic E-state index is 0.0191. The van der Waals surface area contributed by atoms with Crippen LogP contribution < -0.4 is 15.8 Å². The Morgan fingerprint density at radius 3 is 2.39 bits per heavy atom. The van der Waals surface area contributed by atoms with Gasteiger partial charge in [0.05, 0.1) is 13.2 Å². The number of nitrogen functional groups attached to an aromatic ring is 1. The van der Waals surface area contributed by atoms with Crippen LogP contribution in [0.15, 0.2) is 55.1 Å². The maximum Gasteiger partial charge on any atom is 0.511 e. The van der Waals surface area contributed by atoms with Crippen LogP contribution in [-0.2, 0) is 20.6 Å². The third-order valence-corrected chi connectivity index (χ3v) is 7.08. The SMILES string of the molecule is C=Cc1cc(C(=O)Cc2ccc(C(=N)N)cc2)c(-c2ccc(C(=O)NCC3CC3)nc2C(=O)OCOC(=O)OC(C)C)cc1OC. The van der Waals surface area contributed by atoms with Crippen molar-refractivity contribution in [3.8, 4) is 16.9 Å². The number of Topliss-reactive ketones (excluding diaryl/α,β-unsaturated/α-hetero) is 1. The quantitative estimate of drug-likeness (QED) is 0.0729. The Morgan fingerprint density at radius 1 is 1.07 bits per heavy atom. The third kappa shape index (κ3) is 8.56. The van der Waals surface area contributed by atoms with Crippen molar-refractivity contribution < 1.29 is 38.1 Å². The first-order valence-corrected chi connectivity index (χ1v) is 14.6. The summed E-state index contributed by atoms with van der Waals surface area (Å²) in [4.78, 5) is 56.3. The molecule has 4 N–H and O–H groups in total. The lowest BCUT2D eigenvalue weighted by molar-refractivity contribution is -0.0347. The normalized spacial score (nSPS) is 12.2. The van der Waals surface area contributed by atoms with Gasteiger partial charge in [0.15, 0.2) is 11.5 Å². The molecule has 46 heavy (non-hydrogen) atoms. The number of carbonyl (C=O) groups is 4. The van der Waals surface area contributed by atoms with E-state index in [1.807, 2.05) is 0 Å². The number of nitrogens with one attached hydrogen (secondary N) is 2. The molecule has 1 heterocycles. The maximum absolute atomic E-state index is 13.8. The Balaban J connectivity index is 1.75. The summed E-state index contributed by atoms with van der Waals surface area (Å²) < 4.78 is 20.5. The van der Waals surface area contributed by atoms with E-state index in [0.29, 0.717) is 34.9 Å². The van der Waals surface area contributed by atoms with Crippen LogP contribution in [0.1, 0.15) is 74.7 Å². The van der Waals surface area contributed by atoms with E-state index < -0.39 is 30.9 Å². The van der Waals surface area contributed by atoms with E-state index in [2.05, 4.69) is 16.9 Å². The Bertz CT molecular complexity index is 1660. The van der Waals surface area contributed by atoms with Crippen LogP contribution in [0.3, 0.4) is 0 Å². The molecule has 4 rings (SSSR count). The summed E-state index contributed by atoms with van der Waals surface area (Å²) in [7, 11) is 1.46. The fourth-order valence-electron chi connectivity index (χ4n) is 4.50. The fourth-order valence-corrected chi connectivity index (χ4v) is 4.50. The standard InChI is InChI=1S/C34H36N4O8/c1-5-22-15-26(28(39)14-20-8-10-23(11-9-20)31(35)36)25(16-29(22)43-4)24-12-13-27(32(40)37-17-21-6-7-21)38-30(24)33(41)44-18-45-34(42)46-19(2)3/h5,8-13,15-16,19,21H,1,6-7,14,17-18H2,2-4H3,(H3,35,36)(H,37,40). The first-order chi connectivity index (χ1) is 22.0. The third-order valence-electron chi connectivity index (χ3n) is 7.08. The number of esters is 1. The van der Waals surface area contributed by atoms with Gasteiger partial charge in [-0.2, -0.15) is 0 Å². The Hall–Kier alpha value is -5.52. The molecule has 0 saturated heterocycles. The molecule has 0 radical (unpaired) electrons. The van der Waals surface area contributed by atoms with Crippen molar-refractivity contribution in [2.24, 2.45) is 11.7 Å². The summed E-state index contributed by atoms with van der Waals surface area (Å²) in [6.07, 6.45) is 2.11. The molecule has 240 valence electrons. The lowest BCUT2D eigenvalue weighted by atomic mass is 9.90. The molecule has 1 aliphatic carbocycles. The highest BCUT2D eigenvalue weighted by molar-refractivity contribution is 6.07. The van der Waals surface area contributed by atoms with Gasteiger partial charge < -0.3 is 30.0 Å². The number of nitrogens with two attached hydrogens (primary N) is 1. The molecule has 1 aliphatic rings. The van der Waals surface area contributed by atoms with Crippen molar-refractivity contribution in [1.29, 1.82) is 5.41 Å². The van der Waals surface area contributed by atoms with Gasteiger partial charge in [-0.1, -0.05) is 36.9 Å². The molecule has 0 aliphatic heterocycles. The van der Waals surface area contributed by atoms with Crippen LogP contribution >= 0.6 is 0 Å². The van der Waals surface area contributed by atoms with Gasteiger partial charge in [-0.3, -0.25) is 15.0 Å². The molecular formula is C34H36N4O8. The molecular weight excluding hydrogens is 592 g/mol. The van der Waals surface area contributed by atoms with Gasteiger partial charge >= 0.3 is 12.1 Å². The monoisotopic (exact) mass is 628 g/mol. The van der Waals surface area contributed by atoms with Crippen molar-refractivity contribution in [2.45, 2.75) is 39.2 Å². The summed E-state index contributed by atoms with van der Waals surface area (Å²) in [6, 6.07) is 12.9. The van der Waals surface area contributed by atoms with Gasteiger partial charge in [0, 0.05) is 35.2 Å². The molecule has 12 nitrogen and oxygen atoms in total. The van der Waals surface area contributed by atoms with Crippen LogP contribution in [0.4, 0.5) is 4.79 Å². The highest BCUT2D eigenvalue weighted by atomic mass is 16.8. The summed E-state index contributed by atoms with van der Waals surface area (Å²) in [5, 5.41) is 10.4. The number of benzene rings is 2. The largest absolute Gasteiger partial charge is 0.511 e. The van der Waals surface area contributed by atoms with Crippen molar-refractivity contribution in [1.82, 2.24) is 10.3 Å². The lowest BCUT2D eigenvalue weighted by Crippen LogP contribution is -2.27. The second-order valence-corrected chi connectivity index (χ2v) is 10.9. The average Bonchev–Trinajstić information content (AvgIpc) is 3.87. The topological polar surface area (TPSA) is 180 Å². The van der Waals surface area contributed by atoms with Crippen LogP contribution in [0.5, 0.6) is 5.75 Å². The lowest BCUT2D eigenvalue weighted by Gasteiger charge is -2.17. The number of rotatable bonds is 14. The van der Waals surface area contributed by atoms with Gasteiger partial charge in [-0.05, 0) is 68.0 Å². The number of amidine groups is 1. The number of aromatic nitrogens is 1.